The monoisotopic (exact) mass is 358 g/mol. The molecule has 0 aromatic heterocycles. The van der Waals surface area contributed by atoms with Crippen molar-refractivity contribution in [1.29, 1.82) is 0 Å². The Morgan fingerprint density at radius 2 is 2.09 bits per heavy atom. The Hall–Kier alpha value is -0.810. The van der Waals surface area contributed by atoms with E-state index >= 15 is 0 Å². The third-order valence-electron chi connectivity index (χ3n) is 4.41. The highest BCUT2D eigenvalue weighted by Crippen LogP contribution is 2.28. The summed E-state index contributed by atoms with van der Waals surface area (Å²) in [6.45, 7) is 3.28. The maximum atomic E-state index is 12.1. The first-order chi connectivity index (χ1) is 11.0. The van der Waals surface area contributed by atoms with Crippen LogP contribution in [0.1, 0.15) is 24.8 Å². The van der Waals surface area contributed by atoms with Crippen LogP contribution in [0.3, 0.4) is 0 Å². The third-order valence-corrected chi connectivity index (χ3v) is 5.00. The van der Waals surface area contributed by atoms with E-state index < -0.39 is 0 Å². The van der Waals surface area contributed by atoms with Crippen LogP contribution in [0.4, 0.5) is 0 Å². The number of benzene rings is 1. The lowest BCUT2D eigenvalue weighted by Gasteiger charge is -2.37. The normalized spacial score (nSPS) is 17.0. The van der Waals surface area contributed by atoms with Gasteiger partial charge in [0.25, 0.3) is 0 Å². The highest BCUT2D eigenvalue weighted by molar-refractivity contribution is 6.35. The number of carbonyl (C=O) groups excluding carboxylic acids is 1. The van der Waals surface area contributed by atoms with Gasteiger partial charge in [0.15, 0.2) is 0 Å². The molecular weight excluding hydrogens is 335 g/mol. The van der Waals surface area contributed by atoms with E-state index in [9.17, 15) is 4.79 Å². The standard InChI is InChI=1S/C17H24Cl2N2O2/c1-23-12-17(6-8-20-9-7-17)11-21-16(22)5-3-13-2-4-14(18)10-15(13)19/h2,4,10,20H,3,5-9,11-12H2,1H3,(H,21,22). The zero-order valence-electron chi connectivity index (χ0n) is 13.5. The fourth-order valence-electron chi connectivity index (χ4n) is 2.98. The van der Waals surface area contributed by atoms with Gasteiger partial charge < -0.3 is 15.4 Å². The van der Waals surface area contributed by atoms with Gasteiger partial charge in [0, 0.05) is 35.5 Å². The Labute approximate surface area is 147 Å². The summed E-state index contributed by atoms with van der Waals surface area (Å²) in [5.74, 6) is 0.0463. The average molecular weight is 359 g/mol. The number of aryl methyl sites for hydroxylation is 1. The van der Waals surface area contributed by atoms with E-state index in [1.54, 1.807) is 19.2 Å². The van der Waals surface area contributed by atoms with Crippen molar-refractivity contribution in [3.63, 3.8) is 0 Å². The van der Waals surface area contributed by atoms with Crippen LogP contribution in [0.2, 0.25) is 10.0 Å². The Bertz CT molecular complexity index is 526. The summed E-state index contributed by atoms with van der Waals surface area (Å²) in [4.78, 5) is 12.1. The van der Waals surface area contributed by atoms with Gasteiger partial charge in [-0.1, -0.05) is 29.3 Å². The lowest BCUT2D eigenvalue weighted by Crippen LogP contribution is -2.47. The molecule has 1 aromatic rings. The molecule has 0 atom stereocenters. The van der Waals surface area contributed by atoms with Gasteiger partial charge in [0.05, 0.1) is 6.61 Å². The van der Waals surface area contributed by atoms with Crippen molar-refractivity contribution in [2.75, 3.05) is 33.4 Å². The lowest BCUT2D eigenvalue weighted by molar-refractivity contribution is -0.122. The van der Waals surface area contributed by atoms with Gasteiger partial charge in [-0.15, -0.1) is 0 Å². The summed E-state index contributed by atoms with van der Waals surface area (Å²) in [5, 5.41) is 7.63. The van der Waals surface area contributed by atoms with Crippen molar-refractivity contribution in [3.05, 3.63) is 33.8 Å². The molecule has 128 valence electrons. The van der Waals surface area contributed by atoms with Crippen LogP contribution in [0.25, 0.3) is 0 Å². The number of halogens is 2. The minimum Gasteiger partial charge on any atom is -0.384 e. The minimum absolute atomic E-state index is 0.0463. The second-order valence-electron chi connectivity index (χ2n) is 6.20. The van der Waals surface area contributed by atoms with Gasteiger partial charge in [-0.25, -0.2) is 0 Å². The van der Waals surface area contributed by atoms with Crippen LogP contribution >= 0.6 is 23.2 Å². The quantitative estimate of drug-likeness (QED) is 0.787. The summed E-state index contributed by atoms with van der Waals surface area (Å²) < 4.78 is 5.36. The molecule has 1 aliphatic rings. The Kier molecular flexibility index (Phi) is 7.15. The number of amides is 1. The predicted octanol–water partition coefficient (Wildman–Crippen LogP) is 3.06. The molecule has 6 heteroatoms. The van der Waals surface area contributed by atoms with Gasteiger partial charge in [-0.05, 0) is 50.0 Å². The van der Waals surface area contributed by atoms with Crippen LogP contribution in [0.5, 0.6) is 0 Å². The van der Waals surface area contributed by atoms with Crippen LogP contribution in [0.15, 0.2) is 18.2 Å². The van der Waals surface area contributed by atoms with Crippen molar-refractivity contribution in [2.45, 2.75) is 25.7 Å². The highest BCUT2D eigenvalue weighted by atomic mass is 35.5. The first kappa shape index (κ1) is 18.5. The number of hydrogen-bond acceptors (Lipinski definition) is 3. The van der Waals surface area contributed by atoms with Gasteiger partial charge in [-0.2, -0.15) is 0 Å². The molecule has 1 aliphatic heterocycles. The van der Waals surface area contributed by atoms with Gasteiger partial charge in [0.1, 0.15) is 0 Å². The van der Waals surface area contributed by atoms with E-state index in [1.807, 2.05) is 6.07 Å². The summed E-state index contributed by atoms with van der Waals surface area (Å²) >= 11 is 12.0. The molecule has 0 spiro atoms. The summed E-state index contributed by atoms with van der Waals surface area (Å²) in [7, 11) is 1.72. The maximum Gasteiger partial charge on any atom is 0.220 e. The highest BCUT2D eigenvalue weighted by Gasteiger charge is 2.32. The van der Waals surface area contributed by atoms with Crippen LogP contribution in [0, 0.1) is 5.41 Å². The molecule has 1 saturated heterocycles. The minimum atomic E-state index is 0.0463. The number of carbonyl (C=O) groups is 1. The average Bonchev–Trinajstić information content (AvgIpc) is 2.53. The van der Waals surface area contributed by atoms with Gasteiger partial charge in [0.2, 0.25) is 5.91 Å². The van der Waals surface area contributed by atoms with E-state index in [0.717, 1.165) is 31.5 Å². The second-order valence-corrected chi connectivity index (χ2v) is 7.04. The van der Waals surface area contributed by atoms with E-state index in [2.05, 4.69) is 10.6 Å². The molecule has 0 unspecified atom stereocenters. The molecule has 0 aliphatic carbocycles. The Morgan fingerprint density at radius 3 is 2.74 bits per heavy atom. The zero-order chi connectivity index (χ0) is 16.7. The van der Waals surface area contributed by atoms with Crippen molar-refractivity contribution in [2.24, 2.45) is 5.41 Å². The first-order valence-corrected chi connectivity index (χ1v) is 8.70. The fraction of sp³-hybridized carbons (Fsp3) is 0.588. The topological polar surface area (TPSA) is 50.4 Å². The SMILES string of the molecule is COCC1(CNC(=O)CCc2ccc(Cl)cc2Cl)CCNCC1. The summed E-state index contributed by atoms with van der Waals surface area (Å²) in [5.41, 5.74) is 0.993. The van der Waals surface area contributed by atoms with E-state index in [4.69, 9.17) is 27.9 Å². The van der Waals surface area contributed by atoms with E-state index in [1.165, 1.54) is 0 Å². The molecule has 4 nitrogen and oxygen atoms in total. The molecule has 1 fully saturated rings. The summed E-state index contributed by atoms with van der Waals surface area (Å²) in [6, 6.07) is 5.37. The molecule has 1 amide bonds. The Morgan fingerprint density at radius 1 is 1.35 bits per heavy atom. The second kappa shape index (κ2) is 8.88. The largest absolute Gasteiger partial charge is 0.384 e. The predicted molar refractivity (Wildman–Crippen MR) is 94.2 cm³/mol. The Balaban J connectivity index is 1.81. The van der Waals surface area contributed by atoms with Crippen LogP contribution in [-0.2, 0) is 16.0 Å². The molecular formula is C17H24Cl2N2O2. The number of nitrogens with one attached hydrogen (secondary N) is 2. The first-order valence-electron chi connectivity index (χ1n) is 7.95. The molecule has 1 aromatic carbocycles. The zero-order valence-corrected chi connectivity index (χ0v) is 15.0. The maximum absolute atomic E-state index is 12.1. The number of rotatable bonds is 7. The van der Waals surface area contributed by atoms with Crippen molar-refractivity contribution >= 4 is 29.1 Å². The molecule has 0 saturated carbocycles. The van der Waals surface area contributed by atoms with Gasteiger partial charge in [-0.3, -0.25) is 4.79 Å². The van der Waals surface area contributed by atoms with Crippen molar-refractivity contribution in [3.8, 4) is 0 Å². The molecule has 23 heavy (non-hydrogen) atoms. The fourth-order valence-corrected chi connectivity index (χ4v) is 3.49. The third kappa shape index (κ3) is 5.64. The van der Waals surface area contributed by atoms with Gasteiger partial charge >= 0.3 is 0 Å². The molecule has 0 radical (unpaired) electrons. The van der Waals surface area contributed by atoms with E-state index in [0.29, 0.717) is 36.0 Å². The summed E-state index contributed by atoms with van der Waals surface area (Å²) in [6.07, 6.45) is 3.07. The lowest BCUT2D eigenvalue weighted by atomic mass is 9.79. The van der Waals surface area contributed by atoms with Crippen molar-refractivity contribution in [1.82, 2.24) is 10.6 Å². The van der Waals surface area contributed by atoms with E-state index in [-0.39, 0.29) is 11.3 Å². The molecule has 2 rings (SSSR count). The molecule has 1 heterocycles. The molecule has 0 bridgehead atoms. The number of methoxy groups -OCH3 is 1. The number of ether oxygens (including phenoxy) is 1. The molecule has 2 N–H and O–H groups in total. The number of hydrogen-bond donors (Lipinski definition) is 2. The number of piperidine rings is 1. The smallest absolute Gasteiger partial charge is 0.220 e. The van der Waals surface area contributed by atoms with Crippen LogP contribution < -0.4 is 10.6 Å². The van der Waals surface area contributed by atoms with Crippen LogP contribution in [-0.4, -0.2) is 39.3 Å². The van der Waals surface area contributed by atoms with Crippen molar-refractivity contribution < 1.29 is 9.53 Å².